The molecule has 64 valence electrons. The predicted octanol–water partition coefficient (Wildman–Crippen LogP) is 2.62. The lowest BCUT2D eigenvalue weighted by molar-refractivity contribution is 0.112. The van der Waals surface area contributed by atoms with Crippen LogP contribution >= 0.6 is 11.5 Å². The molecule has 0 saturated heterocycles. The maximum Gasteiger partial charge on any atom is 0.153 e. The molecule has 0 saturated carbocycles. The number of aromatic nitrogens is 1. The summed E-state index contributed by atoms with van der Waals surface area (Å²) in [6.07, 6.45) is 2.44. The first-order valence-electron chi connectivity index (χ1n) is 3.87. The molecule has 0 spiro atoms. The van der Waals surface area contributed by atoms with Crippen LogP contribution in [0.5, 0.6) is 0 Å². The lowest BCUT2D eigenvalue weighted by atomic mass is 10.1. The molecule has 0 aliphatic rings. The van der Waals surface area contributed by atoms with Gasteiger partial charge in [0.25, 0.3) is 0 Å². The van der Waals surface area contributed by atoms with E-state index in [1.54, 1.807) is 6.20 Å². The molecule has 3 heteroatoms. The molecule has 0 amide bonds. The Hall–Kier alpha value is -1.48. The SMILES string of the molecule is O=Cc1cnsc1-c1ccccc1. The first-order valence-corrected chi connectivity index (χ1v) is 4.64. The van der Waals surface area contributed by atoms with Gasteiger partial charge in [-0.05, 0) is 17.1 Å². The third-order valence-corrected chi connectivity index (χ3v) is 2.63. The summed E-state index contributed by atoms with van der Waals surface area (Å²) < 4.78 is 3.98. The molecule has 0 N–H and O–H groups in total. The van der Waals surface area contributed by atoms with Crippen molar-refractivity contribution in [2.45, 2.75) is 0 Å². The van der Waals surface area contributed by atoms with Crippen LogP contribution in [-0.4, -0.2) is 10.7 Å². The Morgan fingerprint density at radius 2 is 2.00 bits per heavy atom. The summed E-state index contributed by atoms with van der Waals surface area (Å²) in [4.78, 5) is 11.6. The van der Waals surface area contributed by atoms with Crippen LogP contribution in [0.4, 0.5) is 0 Å². The molecule has 2 rings (SSSR count). The Labute approximate surface area is 80.0 Å². The quantitative estimate of drug-likeness (QED) is 0.680. The fourth-order valence-electron chi connectivity index (χ4n) is 1.14. The summed E-state index contributed by atoms with van der Waals surface area (Å²) in [6, 6.07) is 9.79. The highest BCUT2D eigenvalue weighted by Crippen LogP contribution is 2.25. The van der Waals surface area contributed by atoms with Gasteiger partial charge < -0.3 is 0 Å². The van der Waals surface area contributed by atoms with Crippen molar-refractivity contribution in [2.24, 2.45) is 0 Å². The minimum absolute atomic E-state index is 0.663. The topological polar surface area (TPSA) is 30.0 Å². The Morgan fingerprint density at radius 3 is 2.69 bits per heavy atom. The normalized spacial score (nSPS) is 9.85. The molecular formula is C10H7NOS. The van der Waals surface area contributed by atoms with Crippen molar-refractivity contribution in [3.63, 3.8) is 0 Å². The van der Waals surface area contributed by atoms with Crippen molar-refractivity contribution in [1.29, 1.82) is 0 Å². The molecule has 0 unspecified atom stereocenters. The van der Waals surface area contributed by atoms with Gasteiger partial charge in [0.1, 0.15) is 0 Å². The Kier molecular flexibility index (Phi) is 2.19. The summed E-state index contributed by atoms with van der Waals surface area (Å²) >= 11 is 1.35. The first-order chi connectivity index (χ1) is 6.42. The molecule has 0 radical (unpaired) electrons. The molecule has 0 fully saturated rings. The maximum atomic E-state index is 10.6. The minimum Gasteiger partial charge on any atom is -0.298 e. The third kappa shape index (κ3) is 1.51. The fourth-order valence-corrected chi connectivity index (χ4v) is 1.86. The van der Waals surface area contributed by atoms with Gasteiger partial charge in [0.2, 0.25) is 0 Å². The van der Waals surface area contributed by atoms with Crippen molar-refractivity contribution in [3.8, 4) is 10.4 Å². The van der Waals surface area contributed by atoms with Crippen LogP contribution in [0.15, 0.2) is 36.5 Å². The smallest absolute Gasteiger partial charge is 0.153 e. The second-order valence-electron chi connectivity index (χ2n) is 2.59. The molecular weight excluding hydrogens is 182 g/mol. The third-order valence-electron chi connectivity index (χ3n) is 1.76. The van der Waals surface area contributed by atoms with E-state index in [0.29, 0.717) is 5.56 Å². The van der Waals surface area contributed by atoms with Crippen LogP contribution in [-0.2, 0) is 0 Å². The second kappa shape index (κ2) is 3.49. The fraction of sp³-hybridized carbons (Fsp3) is 0. The molecule has 2 nitrogen and oxygen atoms in total. The van der Waals surface area contributed by atoms with Crippen LogP contribution in [0, 0.1) is 0 Å². The number of aldehydes is 1. The summed E-state index contributed by atoms with van der Waals surface area (Å²) in [7, 11) is 0. The highest BCUT2D eigenvalue weighted by atomic mass is 32.1. The number of hydrogen-bond donors (Lipinski definition) is 0. The van der Waals surface area contributed by atoms with Gasteiger partial charge in [-0.3, -0.25) is 4.79 Å². The van der Waals surface area contributed by atoms with Crippen molar-refractivity contribution in [2.75, 3.05) is 0 Å². The van der Waals surface area contributed by atoms with Crippen LogP contribution in [0.25, 0.3) is 10.4 Å². The highest BCUT2D eigenvalue weighted by Gasteiger charge is 2.05. The number of carbonyl (C=O) groups excluding carboxylic acids is 1. The van der Waals surface area contributed by atoms with Gasteiger partial charge in [-0.15, -0.1) is 0 Å². The van der Waals surface area contributed by atoms with Gasteiger partial charge in [-0.1, -0.05) is 30.3 Å². The van der Waals surface area contributed by atoms with Crippen molar-refractivity contribution in [3.05, 3.63) is 42.1 Å². The zero-order chi connectivity index (χ0) is 9.10. The van der Waals surface area contributed by atoms with E-state index < -0.39 is 0 Å². The molecule has 0 aliphatic carbocycles. The number of nitrogens with zero attached hydrogens (tertiary/aromatic N) is 1. The van der Waals surface area contributed by atoms with Gasteiger partial charge in [-0.2, -0.15) is 4.37 Å². The lowest BCUT2D eigenvalue weighted by Crippen LogP contribution is -1.78. The van der Waals surface area contributed by atoms with Crippen molar-refractivity contribution >= 4 is 17.8 Å². The largest absolute Gasteiger partial charge is 0.298 e. The van der Waals surface area contributed by atoms with E-state index in [2.05, 4.69) is 4.37 Å². The van der Waals surface area contributed by atoms with E-state index >= 15 is 0 Å². The summed E-state index contributed by atoms with van der Waals surface area (Å²) in [5, 5.41) is 0. The second-order valence-corrected chi connectivity index (χ2v) is 3.40. The Bertz CT molecular complexity index is 408. The molecule has 0 atom stereocenters. The van der Waals surface area contributed by atoms with Crippen LogP contribution in [0.3, 0.4) is 0 Å². The number of rotatable bonds is 2. The van der Waals surface area contributed by atoms with E-state index in [0.717, 1.165) is 16.7 Å². The van der Waals surface area contributed by atoms with Gasteiger partial charge >= 0.3 is 0 Å². The molecule has 13 heavy (non-hydrogen) atoms. The standard InChI is InChI=1S/C10H7NOS/c12-7-9-6-11-13-10(9)8-4-2-1-3-5-8/h1-7H. The molecule has 0 aliphatic heterocycles. The highest BCUT2D eigenvalue weighted by molar-refractivity contribution is 7.10. The van der Waals surface area contributed by atoms with E-state index in [9.17, 15) is 4.79 Å². The maximum absolute atomic E-state index is 10.6. The average Bonchev–Trinajstić information content (AvgIpc) is 2.67. The van der Waals surface area contributed by atoms with E-state index in [-0.39, 0.29) is 0 Å². The summed E-state index contributed by atoms with van der Waals surface area (Å²) in [5.74, 6) is 0. The predicted molar refractivity (Wildman–Crippen MR) is 52.9 cm³/mol. The Balaban J connectivity index is 2.52. The molecule has 1 heterocycles. The monoisotopic (exact) mass is 189 g/mol. The van der Waals surface area contributed by atoms with Crippen LogP contribution < -0.4 is 0 Å². The van der Waals surface area contributed by atoms with Crippen LogP contribution in [0.2, 0.25) is 0 Å². The van der Waals surface area contributed by atoms with Gasteiger partial charge in [0.15, 0.2) is 6.29 Å². The summed E-state index contributed by atoms with van der Waals surface area (Å²) in [5.41, 5.74) is 1.71. The lowest BCUT2D eigenvalue weighted by Gasteiger charge is -1.95. The first kappa shape index (κ1) is 8.13. The molecule has 0 bridgehead atoms. The molecule has 2 aromatic rings. The number of benzene rings is 1. The van der Waals surface area contributed by atoms with Gasteiger partial charge in [0, 0.05) is 0 Å². The van der Waals surface area contributed by atoms with Crippen LogP contribution in [0.1, 0.15) is 10.4 Å². The van der Waals surface area contributed by atoms with E-state index in [4.69, 9.17) is 0 Å². The van der Waals surface area contributed by atoms with E-state index in [1.165, 1.54) is 11.5 Å². The molecule has 1 aromatic carbocycles. The number of carbonyl (C=O) groups is 1. The average molecular weight is 189 g/mol. The van der Waals surface area contributed by atoms with Crippen molar-refractivity contribution in [1.82, 2.24) is 4.37 Å². The zero-order valence-corrected chi connectivity index (χ0v) is 7.62. The summed E-state index contributed by atoms with van der Waals surface area (Å²) in [6.45, 7) is 0. The minimum atomic E-state index is 0.663. The van der Waals surface area contributed by atoms with Gasteiger partial charge in [0.05, 0.1) is 16.6 Å². The zero-order valence-electron chi connectivity index (χ0n) is 6.81. The number of hydrogen-bond acceptors (Lipinski definition) is 3. The van der Waals surface area contributed by atoms with E-state index in [1.807, 2.05) is 30.3 Å². The molecule has 1 aromatic heterocycles. The van der Waals surface area contributed by atoms with Gasteiger partial charge in [-0.25, -0.2) is 0 Å². The van der Waals surface area contributed by atoms with Crippen molar-refractivity contribution < 1.29 is 4.79 Å². The Morgan fingerprint density at radius 1 is 1.23 bits per heavy atom.